The molecule has 0 unspecified atom stereocenters. The van der Waals surface area contributed by atoms with Crippen LogP contribution in [0.1, 0.15) is 23.0 Å². The zero-order valence-corrected chi connectivity index (χ0v) is 15.2. The third-order valence-corrected chi connectivity index (χ3v) is 4.35. The molecule has 3 heterocycles. The van der Waals surface area contributed by atoms with Gasteiger partial charge < -0.3 is 9.72 Å². The highest BCUT2D eigenvalue weighted by molar-refractivity contribution is 5.93. The van der Waals surface area contributed by atoms with Gasteiger partial charge in [-0.15, -0.1) is 0 Å². The number of carbonyl (C=O) groups is 1. The number of hydrogen-bond donors (Lipinski definition) is 1. The number of nitrogens with one attached hydrogen (secondary N) is 1. The predicted molar refractivity (Wildman–Crippen MR) is 99.6 cm³/mol. The molecule has 148 valence electrons. The van der Waals surface area contributed by atoms with Crippen molar-refractivity contribution in [3.05, 3.63) is 66.1 Å². The van der Waals surface area contributed by atoms with Crippen LogP contribution in [-0.4, -0.2) is 32.3 Å². The summed E-state index contributed by atoms with van der Waals surface area (Å²) in [6, 6.07) is 12.2. The van der Waals surface area contributed by atoms with E-state index in [4.69, 9.17) is 4.74 Å². The van der Waals surface area contributed by atoms with E-state index < -0.39 is 23.4 Å². The molecule has 29 heavy (non-hydrogen) atoms. The minimum Gasteiger partial charge on any atom is -0.462 e. The van der Waals surface area contributed by atoms with Gasteiger partial charge in [-0.3, -0.25) is 0 Å². The second-order valence-corrected chi connectivity index (χ2v) is 6.17. The van der Waals surface area contributed by atoms with Crippen molar-refractivity contribution in [2.45, 2.75) is 13.1 Å². The Balaban J connectivity index is 1.86. The van der Waals surface area contributed by atoms with Crippen LogP contribution in [0.4, 0.5) is 13.2 Å². The first-order chi connectivity index (χ1) is 13.9. The molecule has 0 aliphatic heterocycles. The number of aromatic nitrogens is 4. The molecule has 0 aliphatic rings. The summed E-state index contributed by atoms with van der Waals surface area (Å²) in [5.41, 5.74) is 0.148. The Labute approximate surface area is 162 Å². The fraction of sp³-hybridized carbons (Fsp3) is 0.150. The van der Waals surface area contributed by atoms with Crippen molar-refractivity contribution in [3.8, 4) is 17.1 Å². The molecule has 6 nitrogen and oxygen atoms in total. The number of H-pyrrole nitrogens is 1. The molecule has 0 saturated carbocycles. The van der Waals surface area contributed by atoms with Crippen LogP contribution in [0.25, 0.3) is 28.0 Å². The Hall–Kier alpha value is -3.62. The third kappa shape index (κ3) is 3.35. The monoisotopic (exact) mass is 400 g/mol. The lowest BCUT2D eigenvalue weighted by Gasteiger charge is -2.12. The number of para-hydroxylation sites is 1. The number of pyridine rings is 1. The number of esters is 1. The molecule has 0 saturated heterocycles. The first-order valence-corrected chi connectivity index (χ1v) is 8.76. The SMILES string of the molecule is CCOC(=O)c1cnn(-c2cccc(-c3cccc4cc[nH]c34)n2)c1C(F)(F)F. The van der Waals surface area contributed by atoms with E-state index in [1.807, 2.05) is 24.3 Å². The fourth-order valence-electron chi connectivity index (χ4n) is 3.14. The maximum absolute atomic E-state index is 13.7. The third-order valence-electron chi connectivity index (χ3n) is 4.35. The number of benzene rings is 1. The first-order valence-electron chi connectivity index (χ1n) is 8.76. The molecule has 0 atom stereocenters. The van der Waals surface area contributed by atoms with Gasteiger partial charge in [-0.1, -0.05) is 24.3 Å². The number of nitrogens with zero attached hydrogens (tertiary/aromatic N) is 3. The Bertz CT molecular complexity index is 1190. The second kappa shape index (κ2) is 7.08. The summed E-state index contributed by atoms with van der Waals surface area (Å²) >= 11 is 0. The van der Waals surface area contributed by atoms with Gasteiger partial charge in [-0.2, -0.15) is 18.3 Å². The topological polar surface area (TPSA) is 72.8 Å². The molecule has 0 amide bonds. The molecule has 9 heteroatoms. The second-order valence-electron chi connectivity index (χ2n) is 6.17. The van der Waals surface area contributed by atoms with Gasteiger partial charge in [-0.25, -0.2) is 14.5 Å². The lowest BCUT2D eigenvalue weighted by Crippen LogP contribution is -2.19. The average Bonchev–Trinajstić information content (AvgIpc) is 3.35. The van der Waals surface area contributed by atoms with Crippen molar-refractivity contribution < 1.29 is 22.7 Å². The number of halogens is 3. The number of rotatable bonds is 4. The van der Waals surface area contributed by atoms with Gasteiger partial charge in [0.15, 0.2) is 11.5 Å². The minimum absolute atomic E-state index is 0.0464. The maximum Gasteiger partial charge on any atom is 0.434 e. The average molecular weight is 400 g/mol. The van der Waals surface area contributed by atoms with E-state index in [1.165, 1.54) is 13.0 Å². The van der Waals surface area contributed by atoms with Crippen LogP contribution < -0.4 is 0 Å². The molecule has 0 bridgehead atoms. The Morgan fingerprint density at radius 1 is 1.17 bits per heavy atom. The molecular weight excluding hydrogens is 385 g/mol. The molecule has 3 aromatic heterocycles. The lowest BCUT2D eigenvalue weighted by molar-refractivity contribution is -0.143. The standard InChI is InChI=1S/C20H15F3N4O2/c1-2-29-19(28)14-11-25-27(18(14)20(21,22)23)16-8-4-7-15(26-16)13-6-3-5-12-9-10-24-17(12)13/h3-11,24H,2H2,1H3. The molecule has 1 N–H and O–H groups in total. The van der Waals surface area contributed by atoms with Crippen molar-refractivity contribution in [2.24, 2.45) is 0 Å². The lowest BCUT2D eigenvalue weighted by atomic mass is 10.1. The Morgan fingerprint density at radius 3 is 2.72 bits per heavy atom. The van der Waals surface area contributed by atoms with Gasteiger partial charge in [0.2, 0.25) is 0 Å². The van der Waals surface area contributed by atoms with E-state index in [0.29, 0.717) is 10.4 Å². The smallest absolute Gasteiger partial charge is 0.434 e. The van der Waals surface area contributed by atoms with Crippen LogP contribution in [0, 0.1) is 0 Å². The van der Waals surface area contributed by atoms with Crippen LogP contribution in [0.3, 0.4) is 0 Å². The predicted octanol–water partition coefficient (Wildman–Crippen LogP) is 4.61. The molecule has 0 radical (unpaired) electrons. The highest BCUT2D eigenvalue weighted by Crippen LogP contribution is 2.34. The molecule has 1 aromatic carbocycles. The zero-order chi connectivity index (χ0) is 20.6. The van der Waals surface area contributed by atoms with Gasteiger partial charge in [-0.05, 0) is 25.1 Å². The van der Waals surface area contributed by atoms with E-state index in [-0.39, 0.29) is 12.4 Å². The summed E-state index contributed by atoms with van der Waals surface area (Å²) in [6.07, 6.45) is -2.20. The van der Waals surface area contributed by atoms with Gasteiger partial charge in [0.05, 0.1) is 24.0 Å². The number of hydrogen-bond acceptors (Lipinski definition) is 4. The van der Waals surface area contributed by atoms with Crippen LogP contribution in [0.5, 0.6) is 0 Å². The summed E-state index contributed by atoms with van der Waals surface area (Å²) in [5.74, 6) is -1.15. The number of carbonyl (C=O) groups excluding carboxylic acids is 1. The highest BCUT2D eigenvalue weighted by atomic mass is 19.4. The van der Waals surface area contributed by atoms with Crippen molar-refractivity contribution in [3.63, 3.8) is 0 Å². The van der Waals surface area contributed by atoms with Crippen molar-refractivity contribution in [1.29, 1.82) is 0 Å². The number of ether oxygens (including phenoxy) is 1. The van der Waals surface area contributed by atoms with Gasteiger partial charge >= 0.3 is 12.1 Å². The summed E-state index contributed by atoms with van der Waals surface area (Å²) in [6.45, 7) is 1.47. The van der Waals surface area contributed by atoms with Crippen LogP contribution in [0.2, 0.25) is 0 Å². The molecule has 0 aliphatic carbocycles. The summed E-state index contributed by atoms with van der Waals surface area (Å²) in [7, 11) is 0. The number of fused-ring (bicyclic) bond motifs is 1. The van der Waals surface area contributed by atoms with Gasteiger partial charge in [0.25, 0.3) is 0 Å². The molecule has 0 spiro atoms. The van der Waals surface area contributed by atoms with Crippen molar-refractivity contribution in [1.82, 2.24) is 19.7 Å². The molecule has 4 rings (SSSR count). The Morgan fingerprint density at radius 2 is 1.97 bits per heavy atom. The minimum atomic E-state index is -4.82. The molecule has 4 aromatic rings. The summed E-state index contributed by atoms with van der Waals surface area (Å²) in [5, 5.41) is 4.72. The highest BCUT2D eigenvalue weighted by Gasteiger charge is 2.41. The maximum atomic E-state index is 13.7. The quantitative estimate of drug-likeness (QED) is 0.508. The normalized spacial score (nSPS) is 11.7. The van der Waals surface area contributed by atoms with Crippen LogP contribution in [0.15, 0.2) is 54.9 Å². The van der Waals surface area contributed by atoms with E-state index in [2.05, 4.69) is 15.1 Å². The van der Waals surface area contributed by atoms with Crippen LogP contribution in [-0.2, 0) is 10.9 Å². The number of aromatic amines is 1. The van der Waals surface area contributed by atoms with E-state index in [1.54, 1.807) is 18.3 Å². The zero-order valence-electron chi connectivity index (χ0n) is 15.2. The van der Waals surface area contributed by atoms with Crippen LogP contribution >= 0.6 is 0 Å². The molecule has 0 fully saturated rings. The summed E-state index contributed by atoms with van der Waals surface area (Å²) < 4.78 is 46.5. The first kappa shape index (κ1) is 18.7. The van der Waals surface area contributed by atoms with Gasteiger partial charge in [0, 0.05) is 17.1 Å². The summed E-state index contributed by atoms with van der Waals surface area (Å²) in [4.78, 5) is 19.4. The van der Waals surface area contributed by atoms with Crippen molar-refractivity contribution >= 4 is 16.9 Å². The fourth-order valence-corrected chi connectivity index (χ4v) is 3.14. The van der Waals surface area contributed by atoms with E-state index in [9.17, 15) is 18.0 Å². The van der Waals surface area contributed by atoms with Crippen molar-refractivity contribution in [2.75, 3.05) is 6.61 Å². The number of alkyl halides is 3. The Kier molecular flexibility index (Phi) is 4.57. The van der Waals surface area contributed by atoms with Gasteiger partial charge in [0.1, 0.15) is 5.56 Å². The van der Waals surface area contributed by atoms with E-state index >= 15 is 0 Å². The largest absolute Gasteiger partial charge is 0.462 e. The van der Waals surface area contributed by atoms with E-state index in [0.717, 1.165) is 22.7 Å². The molecular formula is C20H15F3N4O2.